The number of ether oxygens (including phenoxy) is 1. The molecule has 4 rings (SSSR count). The lowest BCUT2D eigenvalue weighted by atomic mass is 9.63. The standard InChI is InChI=1S/C32H45Cl2N5O4/c1-2-43-30(41)32(24-9-5-3-6-10-24)14-17-39(18-15-32)29(40)28(20-23-12-13-26(33)27(34)19-23)38-31(42)36-16-8-4-7-11-25-21-35-22-37-25/h12-13,19,21-22,24,28H,2-11,14-18,20H2,1H3,(H,35,37)(H2,36,38,42)/t28-/m1/s1. The van der Waals surface area contributed by atoms with Crippen molar-refractivity contribution in [2.75, 3.05) is 26.2 Å². The Kier molecular flexibility index (Phi) is 12.6. The molecule has 2 fully saturated rings. The second-order valence-corrected chi connectivity index (χ2v) is 12.6. The van der Waals surface area contributed by atoms with Crippen molar-refractivity contribution in [2.45, 2.75) is 90.0 Å². The van der Waals surface area contributed by atoms with Gasteiger partial charge in [-0.3, -0.25) is 9.59 Å². The number of amides is 3. The second kappa shape index (κ2) is 16.3. The van der Waals surface area contributed by atoms with Gasteiger partial charge in [0.15, 0.2) is 0 Å². The summed E-state index contributed by atoms with van der Waals surface area (Å²) < 4.78 is 5.58. The molecule has 1 atom stereocenters. The van der Waals surface area contributed by atoms with Crippen LogP contribution in [0.5, 0.6) is 0 Å². The Bertz CT molecular complexity index is 1190. The molecule has 1 aliphatic carbocycles. The number of hydrogen-bond acceptors (Lipinski definition) is 5. The summed E-state index contributed by atoms with van der Waals surface area (Å²) in [5.41, 5.74) is 1.28. The topological polar surface area (TPSA) is 116 Å². The molecule has 11 heteroatoms. The van der Waals surface area contributed by atoms with Crippen LogP contribution in [0.4, 0.5) is 4.79 Å². The van der Waals surface area contributed by atoms with E-state index in [1.54, 1.807) is 23.4 Å². The molecular weight excluding hydrogens is 589 g/mol. The van der Waals surface area contributed by atoms with Crippen molar-refractivity contribution in [2.24, 2.45) is 11.3 Å². The summed E-state index contributed by atoms with van der Waals surface area (Å²) in [5.74, 6) is -0.00251. The second-order valence-electron chi connectivity index (χ2n) is 11.8. The Morgan fingerprint density at radius 2 is 1.86 bits per heavy atom. The molecule has 9 nitrogen and oxygen atoms in total. The predicted molar refractivity (Wildman–Crippen MR) is 168 cm³/mol. The van der Waals surface area contributed by atoms with Crippen LogP contribution in [0, 0.1) is 11.3 Å². The predicted octanol–water partition coefficient (Wildman–Crippen LogP) is 6.09. The number of nitrogens with zero attached hydrogens (tertiary/aromatic N) is 2. The van der Waals surface area contributed by atoms with Crippen molar-refractivity contribution >= 4 is 41.1 Å². The highest BCUT2D eigenvalue weighted by Crippen LogP contribution is 2.47. The number of likely N-dealkylation sites (tertiary alicyclic amines) is 1. The van der Waals surface area contributed by atoms with Crippen LogP contribution < -0.4 is 10.6 Å². The molecule has 1 saturated heterocycles. The lowest BCUT2D eigenvalue weighted by Gasteiger charge is -2.46. The van der Waals surface area contributed by atoms with Crippen molar-refractivity contribution in [3.63, 3.8) is 0 Å². The molecule has 2 aliphatic rings. The molecule has 2 aromatic rings. The van der Waals surface area contributed by atoms with E-state index in [4.69, 9.17) is 27.9 Å². The van der Waals surface area contributed by atoms with Gasteiger partial charge in [-0.1, -0.05) is 55.0 Å². The van der Waals surface area contributed by atoms with E-state index in [0.29, 0.717) is 49.1 Å². The minimum Gasteiger partial charge on any atom is -0.466 e. The number of urea groups is 1. The highest BCUT2D eigenvalue weighted by Gasteiger charge is 2.49. The Balaban J connectivity index is 1.37. The largest absolute Gasteiger partial charge is 0.466 e. The molecule has 1 aliphatic heterocycles. The maximum atomic E-state index is 13.9. The number of aromatic nitrogens is 2. The molecule has 3 amide bonds. The molecule has 43 heavy (non-hydrogen) atoms. The lowest BCUT2D eigenvalue weighted by Crippen LogP contribution is -2.56. The van der Waals surface area contributed by atoms with E-state index < -0.39 is 11.5 Å². The molecular formula is C32H45Cl2N5O4. The first-order valence-electron chi connectivity index (χ1n) is 15.7. The number of hydrogen-bond donors (Lipinski definition) is 3. The first kappa shape index (κ1) is 33.1. The minimum absolute atomic E-state index is 0.122. The van der Waals surface area contributed by atoms with E-state index in [-0.39, 0.29) is 30.2 Å². The van der Waals surface area contributed by atoms with Crippen LogP contribution in [0.15, 0.2) is 30.7 Å². The smallest absolute Gasteiger partial charge is 0.315 e. The van der Waals surface area contributed by atoms with Crippen LogP contribution in [0.1, 0.15) is 82.4 Å². The maximum absolute atomic E-state index is 13.9. The van der Waals surface area contributed by atoms with Gasteiger partial charge in [-0.15, -0.1) is 0 Å². The number of aromatic amines is 1. The third-order valence-electron chi connectivity index (χ3n) is 9.01. The minimum atomic E-state index is -0.790. The third-order valence-corrected chi connectivity index (χ3v) is 9.75. The van der Waals surface area contributed by atoms with Crippen LogP contribution in [-0.2, 0) is 27.2 Å². The van der Waals surface area contributed by atoms with Crippen molar-refractivity contribution in [1.29, 1.82) is 0 Å². The van der Waals surface area contributed by atoms with Crippen LogP contribution in [0.25, 0.3) is 0 Å². The van der Waals surface area contributed by atoms with Gasteiger partial charge in [-0.25, -0.2) is 9.78 Å². The fraction of sp³-hybridized carbons (Fsp3) is 0.625. The van der Waals surface area contributed by atoms with Gasteiger partial charge in [0.2, 0.25) is 5.91 Å². The lowest BCUT2D eigenvalue weighted by molar-refractivity contribution is -0.166. The van der Waals surface area contributed by atoms with E-state index in [1.807, 2.05) is 19.2 Å². The number of rotatable bonds is 13. The summed E-state index contributed by atoms with van der Waals surface area (Å²) in [7, 11) is 0. The Morgan fingerprint density at radius 3 is 2.53 bits per heavy atom. The highest BCUT2D eigenvalue weighted by atomic mass is 35.5. The summed E-state index contributed by atoms with van der Waals surface area (Å²) in [6.45, 7) is 3.60. The zero-order valence-corrected chi connectivity index (χ0v) is 26.7. The zero-order chi connectivity index (χ0) is 30.7. The van der Waals surface area contributed by atoms with Crippen molar-refractivity contribution in [3.8, 4) is 0 Å². The summed E-state index contributed by atoms with van der Waals surface area (Å²) in [6.07, 6.45) is 14.2. The third kappa shape index (κ3) is 9.11. The van der Waals surface area contributed by atoms with E-state index in [2.05, 4.69) is 20.6 Å². The number of unbranched alkanes of at least 4 members (excludes halogenated alkanes) is 2. The monoisotopic (exact) mass is 633 g/mol. The molecule has 1 saturated carbocycles. The molecule has 0 unspecified atom stereocenters. The van der Waals surface area contributed by atoms with Crippen LogP contribution in [-0.4, -0.2) is 65.1 Å². The van der Waals surface area contributed by atoms with E-state index >= 15 is 0 Å². The number of carbonyl (C=O) groups excluding carboxylic acids is 3. The van der Waals surface area contributed by atoms with Crippen LogP contribution in [0.2, 0.25) is 10.0 Å². The van der Waals surface area contributed by atoms with Gasteiger partial charge in [-0.2, -0.15) is 0 Å². The van der Waals surface area contributed by atoms with Crippen molar-refractivity contribution in [3.05, 3.63) is 52.0 Å². The van der Waals surface area contributed by atoms with Gasteiger partial charge in [-0.05, 0) is 75.5 Å². The molecule has 0 spiro atoms. The summed E-state index contributed by atoms with van der Waals surface area (Å²) >= 11 is 12.4. The molecule has 236 valence electrons. The van der Waals surface area contributed by atoms with Crippen LogP contribution in [0.3, 0.4) is 0 Å². The number of halogens is 2. The number of piperidine rings is 1. The van der Waals surface area contributed by atoms with E-state index in [1.165, 1.54) is 6.42 Å². The summed E-state index contributed by atoms with van der Waals surface area (Å²) in [5, 5.41) is 6.65. The SMILES string of the molecule is CCOC(=O)C1(C2CCCCC2)CCN(C(=O)[C@@H](Cc2ccc(Cl)c(Cl)c2)NC(=O)NCCCCCc2c[nH]cn2)CC1. The Labute approximate surface area is 264 Å². The highest BCUT2D eigenvalue weighted by molar-refractivity contribution is 6.42. The number of H-pyrrole nitrogens is 1. The van der Waals surface area contributed by atoms with E-state index in [9.17, 15) is 14.4 Å². The molecule has 3 N–H and O–H groups in total. The van der Waals surface area contributed by atoms with Gasteiger partial charge < -0.3 is 25.3 Å². The number of esters is 1. The first-order chi connectivity index (χ1) is 20.8. The van der Waals surface area contributed by atoms with Crippen LogP contribution >= 0.6 is 23.2 Å². The molecule has 1 aromatic heterocycles. The number of aryl methyl sites for hydroxylation is 1. The van der Waals surface area contributed by atoms with Crippen molar-refractivity contribution < 1.29 is 19.1 Å². The summed E-state index contributed by atoms with van der Waals surface area (Å²) in [4.78, 5) is 49.1. The number of imidazole rings is 1. The van der Waals surface area contributed by atoms with E-state index in [0.717, 1.165) is 62.6 Å². The van der Waals surface area contributed by atoms with Gasteiger partial charge in [0.05, 0.1) is 34.1 Å². The average Bonchev–Trinajstić information content (AvgIpc) is 3.54. The normalized spacial score (nSPS) is 17.7. The number of nitrogens with one attached hydrogen (secondary N) is 3. The number of carbonyl (C=O) groups is 3. The zero-order valence-electron chi connectivity index (χ0n) is 25.1. The maximum Gasteiger partial charge on any atom is 0.315 e. The average molecular weight is 635 g/mol. The molecule has 0 radical (unpaired) electrons. The Morgan fingerprint density at radius 1 is 1.09 bits per heavy atom. The van der Waals surface area contributed by atoms with Gasteiger partial charge in [0, 0.05) is 32.3 Å². The molecule has 1 aromatic carbocycles. The fourth-order valence-corrected chi connectivity index (χ4v) is 6.93. The first-order valence-corrected chi connectivity index (χ1v) is 16.5. The Hall–Kier alpha value is -2.78. The van der Waals surface area contributed by atoms with Gasteiger partial charge in [0.1, 0.15) is 6.04 Å². The number of benzene rings is 1. The quantitative estimate of drug-likeness (QED) is 0.182. The van der Waals surface area contributed by atoms with Gasteiger partial charge in [0.25, 0.3) is 0 Å². The van der Waals surface area contributed by atoms with Crippen molar-refractivity contribution in [1.82, 2.24) is 25.5 Å². The summed E-state index contributed by atoms with van der Waals surface area (Å²) in [6, 6.07) is 4.07. The molecule has 2 heterocycles. The molecule has 0 bridgehead atoms. The van der Waals surface area contributed by atoms with Gasteiger partial charge >= 0.3 is 12.0 Å². The fourth-order valence-electron chi connectivity index (χ4n) is 6.60.